The van der Waals surface area contributed by atoms with E-state index >= 15 is 0 Å². The zero-order valence-corrected chi connectivity index (χ0v) is 19.1. The lowest BCUT2D eigenvalue weighted by Crippen LogP contribution is -2.34. The highest BCUT2D eigenvalue weighted by atomic mass is 32.2. The van der Waals surface area contributed by atoms with Gasteiger partial charge < -0.3 is 10.3 Å². The summed E-state index contributed by atoms with van der Waals surface area (Å²) in [7, 11) is -3.10. The first-order chi connectivity index (χ1) is 15.6. The van der Waals surface area contributed by atoms with Crippen molar-refractivity contribution < 1.29 is 26.4 Å². The minimum absolute atomic E-state index is 0.0363. The van der Waals surface area contributed by atoms with Crippen LogP contribution in [0.2, 0.25) is 0 Å². The number of hydrogen-bond donors (Lipinski definition) is 2. The van der Waals surface area contributed by atoms with Gasteiger partial charge in [0.1, 0.15) is 5.83 Å². The second-order valence-electron chi connectivity index (χ2n) is 7.77. The monoisotopic (exact) mass is 478 g/mol. The molecule has 5 nitrogen and oxygen atoms in total. The number of aromatic nitrogens is 1. The molecule has 0 saturated heterocycles. The molecular weight excluding hydrogens is 453 g/mol. The van der Waals surface area contributed by atoms with E-state index in [1.165, 1.54) is 19.9 Å². The first-order valence-electron chi connectivity index (χ1n) is 10.4. The summed E-state index contributed by atoms with van der Waals surface area (Å²) < 4.78 is 64.4. The number of carbonyl (C=O) groups excluding carboxylic acids is 1. The maximum atomic E-state index is 14.7. The van der Waals surface area contributed by atoms with E-state index in [1.807, 2.05) is 6.07 Å². The van der Waals surface area contributed by atoms with Gasteiger partial charge in [0.25, 0.3) is 12.3 Å². The number of halogens is 3. The molecule has 0 aliphatic carbocycles. The summed E-state index contributed by atoms with van der Waals surface area (Å²) in [5, 5.41) is 3.43. The number of amides is 1. The van der Waals surface area contributed by atoms with E-state index in [-0.39, 0.29) is 22.6 Å². The van der Waals surface area contributed by atoms with Crippen LogP contribution >= 0.6 is 0 Å². The predicted octanol–water partition coefficient (Wildman–Crippen LogP) is 5.11. The van der Waals surface area contributed by atoms with Crippen molar-refractivity contribution in [1.29, 1.82) is 0 Å². The number of rotatable bonds is 7. The van der Waals surface area contributed by atoms with Crippen molar-refractivity contribution in [1.82, 2.24) is 10.3 Å². The first kappa shape index (κ1) is 24.6. The lowest BCUT2D eigenvalue weighted by molar-refractivity contribution is 0.0946. The van der Waals surface area contributed by atoms with E-state index in [0.29, 0.717) is 11.9 Å². The van der Waals surface area contributed by atoms with E-state index in [1.54, 1.807) is 24.4 Å². The number of carbonyl (C=O) groups is 1. The van der Waals surface area contributed by atoms with Crippen molar-refractivity contribution in [3.05, 3.63) is 77.3 Å². The summed E-state index contributed by atoms with van der Waals surface area (Å²) in [6.07, 6.45) is 2.72. The third-order valence-corrected chi connectivity index (χ3v) is 7.13. The smallest absolute Gasteiger partial charge is 0.266 e. The molecule has 0 radical (unpaired) electrons. The van der Waals surface area contributed by atoms with Crippen LogP contribution in [0.15, 0.2) is 66.2 Å². The van der Waals surface area contributed by atoms with E-state index in [0.717, 1.165) is 22.6 Å². The van der Waals surface area contributed by atoms with Crippen LogP contribution in [0.5, 0.6) is 0 Å². The standard InChI is InChI=1S/C24H25F3N2O3S/c1-4-18(21(25)19(5-2)23(26)27)14(3)29-24(30)20-13-17(12-16-6-9-28-22(16)20)15-7-10-33(31,32)11-8-15/h4-7,9,12-14,23,28H,2,8,10-11H2,1,3H3,(H,29,30)/b18-4-,21-19-/t14-/m1/s1. The van der Waals surface area contributed by atoms with E-state index in [4.69, 9.17) is 0 Å². The Kier molecular flexibility index (Phi) is 7.31. The molecule has 0 bridgehead atoms. The lowest BCUT2D eigenvalue weighted by Gasteiger charge is -2.19. The molecule has 0 fully saturated rings. The number of alkyl halides is 2. The molecule has 1 aromatic carbocycles. The van der Waals surface area contributed by atoms with Crippen molar-refractivity contribution in [3.63, 3.8) is 0 Å². The van der Waals surface area contributed by atoms with Crippen molar-refractivity contribution in [2.24, 2.45) is 0 Å². The third-order valence-electron chi connectivity index (χ3n) is 5.63. The van der Waals surface area contributed by atoms with Gasteiger partial charge in [0.15, 0.2) is 9.84 Å². The SMILES string of the molecule is C=C/C(=C(F)\C(=C/C)[C@@H](C)NC(=O)c1cc(C2=CCS(=O)(=O)CC2)cc2cc[nH]c12)C(F)F. The molecule has 9 heteroatoms. The number of nitrogens with one attached hydrogen (secondary N) is 2. The molecule has 1 amide bonds. The summed E-state index contributed by atoms with van der Waals surface area (Å²) in [4.78, 5) is 16.1. The molecule has 1 aliphatic heterocycles. The molecule has 2 N–H and O–H groups in total. The summed E-state index contributed by atoms with van der Waals surface area (Å²) in [6.45, 7) is 6.24. The first-order valence-corrected chi connectivity index (χ1v) is 12.2. The van der Waals surface area contributed by atoms with Gasteiger partial charge in [-0.1, -0.05) is 24.8 Å². The Bertz CT molecular complexity index is 1290. The van der Waals surface area contributed by atoms with Crippen molar-refractivity contribution >= 4 is 32.2 Å². The van der Waals surface area contributed by atoms with Crippen LogP contribution in [0.4, 0.5) is 13.2 Å². The van der Waals surface area contributed by atoms with Gasteiger partial charge in [0, 0.05) is 17.2 Å². The summed E-state index contributed by atoms with van der Waals surface area (Å²) >= 11 is 0. The van der Waals surface area contributed by atoms with E-state index in [2.05, 4.69) is 16.9 Å². The maximum absolute atomic E-state index is 14.7. The van der Waals surface area contributed by atoms with Crippen LogP contribution in [0, 0.1) is 0 Å². The average Bonchev–Trinajstić information content (AvgIpc) is 3.22. The topological polar surface area (TPSA) is 79.0 Å². The number of fused-ring (bicyclic) bond motifs is 1. The fraction of sp³-hybridized carbons (Fsp3) is 0.292. The minimum atomic E-state index is -3.10. The van der Waals surface area contributed by atoms with Crippen LogP contribution in [0.1, 0.15) is 36.2 Å². The van der Waals surface area contributed by atoms with Crippen LogP contribution in [0.25, 0.3) is 16.5 Å². The number of benzene rings is 1. The summed E-state index contributed by atoms with van der Waals surface area (Å²) in [5.74, 6) is -1.67. The summed E-state index contributed by atoms with van der Waals surface area (Å²) in [6, 6.07) is 4.41. The molecular formula is C24H25F3N2O3S. The van der Waals surface area contributed by atoms with Crippen LogP contribution in [0.3, 0.4) is 0 Å². The van der Waals surface area contributed by atoms with Gasteiger partial charge in [-0.15, -0.1) is 0 Å². The number of aromatic amines is 1. The molecule has 0 saturated carbocycles. The molecule has 1 aromatic heterocycles. The Hall–Kier alpha value is -3.07. The fourth-order valence-corrected chi connectivity index (χ4v) is 4.99. The highest BCUT2D eigenvalue weighted by molar-refractivity contribution is 7.91. The van der Waals surface area contributed by atoms with Crippen molar-refractivity contribution in [3.8, 4) is 0 Å². The Morgan fingerprint density at radius 3 is 2.61 bits per heavy atom. The Morgan fingerprint density at radius 2 is 2.03 bits per heavy atom. The molecule has 0 spiro atoms. The normalized spacial score (nSPS) is 18.0. The minimum Gasteiger partial charge on any atom is -0.361 e. The Balaban J connectivity index is 1.95. The van der Waals surface area contributed by atoms with Crippen LogP contribution in [-0.2, 0) is 9.84 Å². The molecule has 1 aliphatic rings. The van der Waals surface area contributed by atoms with Gasteiger partial charge in [0.05, 0.1) is 34.2 Å². The zero-order chi connectivity index (χ0) is 24.3. The maximum Gasteiger partial charge on any atom is 0.266 e. The Labute approximate surface area is 190 Å². The average molecular weight is 479 g/mol. The predicted molar refractivity (Wildman–Crippen MR) is 125 cm³/mol. The Morgan fingerprint density at radius 1 is 1.30 bits per heavy atom. The van der Waals surface area contributed by atoms with Crippen molar-refractivity contribution in [2.45, 2.75) is 32.7 Å². The number of sulfone groups is 1. The van der Waals surface area contributed by atoms with Gasteiger partial charge in [-0.2, -0.15) is 0 Å². The number of H-pyrrole nitrogens is 1. The third kappa shape index (κ3) is 5.30. The largest absolute Gasteiger partial charge is 0.361 e. The highest BCUT2D eigenvalue weighted by Gasteiger charge is 2.24. The molecule has 0 unspecified atom stereocenters. The van der Waals surface area contributed by atoms with Gasteiger partial charge >= 0.3 is 0 Å². The van der Waals surface area contributed by atoms with Crippen molar-refractivity contribution in [2.75, 3.05) is 11.5 Å². The number of allylic oxidation sites excluding steroid dienone is 4. The van der Waals surface area contributed by atoms with Gasteiger partial charge in [-0.05, 0) is 49.6 Å². The highest BCUT2D eigenvalue weighted by Crippen LogP contribution is 2.30. The lowest BCUT2D eigenvalue weighted by atomic mass is 9.97. The second kappa shape index (κ2) is 9.82. The molecule has 3 rings (SSSR count). The quantitative estimate of drug-likeness (QED) is 0.543. The van der Waals surface area contributed by atoms with Gasteiger partial charge in [0.2, 0.25) is 0 Å². The van der Waals surface area contributed by atoms with Crippen LogP contribution < -0.4 is 5.32 Å². The molecule has 176 valence electrons. The second-order valence-corrected chi connectivity index (χ2v) is 10.0. The molecule has 1 atom stereocenters. The molecule has 33 heavy (non-hydrogen) atoms. The van der Waals surface area contributed by atoms with Gasteiger partial charge in [-0.3, -0.25) is 4.79 Å². The number of hydrogen-bond acceptors (Lipinski definition) is 3. The van der Waals surface area contributed by atoms with Gasteiger partial charge in [-0.25, -0.2) is 21.6 Å². The fourth-order valence-electron chi connectivity index (χ4n) is 3.84. The molecule has 2 aromatic rings. The van der Waals surface area contributed by atoms with E-state index in [9.17, 15) is 26.4 Å². The summed E-state index contributed by atoms with van der Waals surface area (Å²) in [5.41, 5.74) is 1.47. The van der Waals surface area contributed by atoms with E-state index < -0.39 is 39.6 Å². The van der Waals surface area contributed by atoms with Crippen LogP contribution in [-0.4, -0.2) is 43.3 Å². The zero-order valence-electron chi connectivity index (χ0n) is 18.3. The molecule has 2 heterocycles.